The third-order valence-corrected chi connectivity index (χ3v) is 3.93. The van der Waals surface area contributed by atoms with Gasteiger partial charge in [-0.05, 0) is 13.0 Å². The van der Waals surface area contributed by atoms with Crippen LogP contribution < -0.4 is 5.32 Å². The Labute approximate surface area is 112 Å². The van der Waals surface area contributed by atoms with Crippen LogP contribution in [0.4, 0.5) is 13.2 Å². The number of hydrogen-bond donors (Lipinski definition) is 3. The van der Waals surface area contributed by atoms with Crippen molar-refractivity contribution in [3.63, 3.8) is 0 Å². The van der Waals surface area contributed by atoms with Gasteiger partial charge in [-0.3, -0.25) is 4.79 Å². The van der Waals surface area contributed by atoms with E-state index in [2.05, 4.69) is 5.32 Å². The molecule has 0 radical (unpaired) electrons. The molecule has 2 rings (SSSR count). The van der Waals surface area contributed by atoms with E-state index in [1.165, 1.54) is 0 Å². The number of carboxylic acid groups (broad SMARTS) is 1. The molecule has 2 fully saturated rings. The van der Waals surface area contributed by atoms with E-state index in [4.69, 9.17) is 5.11 Å². The molecule has 2 aliphatic heterocycles. The molecule has 0 saturated carbocycles. The minimum atomic E-state index is -4.76. The smallest absolute Gasteiger partial charge is 0.404 e. The topological polar surface area (TPSA) is 89.9 Å². The summed E-state index contributed by atoms with van der Waals surface area (Å²) in [5.74, 6) is -2.67. The first-order valence-corrected chi connectivity index (χ1v) is 6.18. The van der Waals surface area contributed by atoms with Gasteiger partial charge in [0.1, 0.15) is 6.04 Å². The number of hydrogen-bond acceptors (Lipinski definition) is 4. The number of aliphatic carboxylic acids is 1. The molecule has 3 N–H and O–H groups in total. The Morgan fingerprint density at radius 3 is 2.45 bits per heavy atom. The van der Waals surface area contributed by atoms with Crippen LogP contribution in [-0.2, 0) is 9.59 Å². The van der Waals surface area contributed by atoms with Crippen LogP contribution in [0, 0.1) is 5.41 Å². The van der Waals surface area contributed by atoms with Gasteiger partial charge >= 0.3 is 12.1 Å². The summed E-state index contributed by atoms with van der Waals surface area (Å²) in [6.07, 6.45) is -6.54. The number of β-amino-alcohol motifs (C(OH)–C–C–N with tert-alkyl or cyclic N) is 1. The van der Waals surface area contributed by atoms with Gasteiger partial charge in [0, 0.05) is 19.5 Å². The maximum atomic E-state index is 13.2. The van der Waals surface area contributed by atoms with Gasteiger partial charge in [0.15, 0.2) is 5.41 Å². The van der Waals surface area contributed by atoms with Crippen molar-refractivity contribution in [3.05, 3.63) is 0 Å². The summed E-state index contributed by atoms with van der Waals surface area (Å²) in [4.78, 5) is 23.9. The molecule has 3 atom stereocenters. The molecule has 0 aromatic rings. The van der Waals surface area contributed by atoms with E-state index in [9.17, 15) is 27.9 Å². The second-order valence-corrected chi connectivity index (χ2v) is 5.21. The zero-order chi connectivity index (χ0) is 15.1. The summed E-state index contributed by atoms with van der Waals surface area (Å²) >= 11 is 0. The molecule has 6 nitrogen and oxygen atoms in total. The van der Waals surface area contributed by atoms with E-state index < -0.39 is 48.6 Å². The Morgan fingerprint density at radius 2 is 2.00 bits per heavy atom. The largest absolute Gasteiger partial charge is 0.480 e. The number of likely N-dealkylation sites (tertiary alicyclic amines) is 1. The van der Waals surface area contributed by atoms with Crippen molar-refractivity contribution in [2.24, 2.45) is 5.41 Å². The van der Waals surface area contributed by atoms with Gasteiger partial charge in [0.2, 0.25) is 5.91 Å². The molecule has 2 aliphatic rings. The molecule has 0 bridgehead atoms. The highest BCUT2D eigenvalue weighted by molar-refractivity contribution is 5.89. The van der Waals surface area contributed by atoms with Crippen molar-refractivity contribution in [2.45, 2.75) is 31.2 Å². The lowest BCUT2D eigenvalue weighted by Crippen LogP contribution is -2.56. The van der Waals surface area contributed by atoms with E-state index in [0.717, 1.165) is 0 Å². The molecule has 114 valence electrons. The number of carbonyl (C=O) groups is 2. The van der Waals surface area contributed by atoms with Gasteiger partial charge in [-0.2, -0.15) is 13.2 Å². The Balaban J connectivity index is 2.31. The molecule has 0 aromatic heterocycles. The summed E-state index contributed by atoms with van der Waals surface area (Å²) in [6.45, 7) is -0.902. The molecule has 1 unspecified atom stereocenters. The molecule has 2 heterocycles. The fourth-order valence-electron chi connectivity index (χ4n) is 2.78. The standard InChI is InChI=1S/C11H15F3N2O4/c12-11(13,14)10(1-2-15-5-10)9(20)16-4-6(17)3-7(16)8(18)19/h6-7,15,17H,1-5H2,(H,18,19)/t6-,7-,10?/m0/s1. The highest BCUT2D eigenvalue weighted by Gasteiger charge is 2.63. The Morgan fingerprint density at radius 1 is 1.35 bits per heavy atom. The number of aliphatic hydroxyl groups excluding tert-OH is 1. The summed E-state index contributed by atoms with van der Waals surface area (Å²) in [7, 11) is 0. The van der Waals surface area contributed by atoms with Crippen molar-refractivity contribution in [1.82, 2.24) is 10.2 Å². The Kier molecular flexibility index (Phi) is 3.67. The van der Waals surface area contributed by atoms with Crippen LogP contribution >= 0.6 is 0 Å². The fourth-order valence-corrected chi connectivity index (χ4v) is 2.78. The number of carbonyl (C=O) groups excluding carboxylic acids is 1. The van der Waals surface area contributed by atoms with Gasteiger partial charge in [-0.1, -0.05) is 0 Å². The summed E-state index contributed by atoms with van der Waals surface area (Å²) in [5, 5.41) is 20.9. The van der Waals surface area contributed by atoms with E-state index in [1.807, 2.05) is 0 Å². The predicted molar refractivity (Wildman–Crippen MR) is 59.7 cm³/mol. The number of carboxylic acids is 1. The number of aliphatic hydroxyl groups is 1. The summed E-state index contributed by atoms with van der Waals surface area (Å²) in [5.41, 5.74) is -2.59. The first-order chi connectivity index (χ1) is 9.19. The van der Waals surface area contributed by atoms with Crippen LogP contribution in [-0.4, -0.2) is 64.9 Å². The first kappa shape index (κ1) is 15.0. The zero-order valence-electron chi connectivity index (χ0n) is 10.5. The highest BCUT2D eigenvalue weighted by Crippen LogP contribution is 2.45. The lowest BCUT2D eigenvalue weighted by molar-refractivity contribution is -0.222. The maximum absolute atomic E-state index is 13.2. The van der Waals surface area contributed by atoms with Crippen molar-refractivity contribution >= 4 is 11.9 Å². The fraction of sp³-hybridized carbons (Fsp3) is 0.818. The number of halogens is 3. The lowest BCUT2D eigenvalue weighted by atomic mass is 9.84. The number of alkyl halides is 3. The minimum absolute atomic E-state index is 0.0411. The quantitative estimate of drug-likeness (QED) is 0.643. The minimum Gasteiger partial charge on any atom is -0.480 e. The molecule has 0 aliphatic carbocycles. The van der Waals surface area contributed by atoms with Crippen LogP contribution in [0.5, 0.6) is 0 Å². The highest BCUT2D eigenvalue weighted by atomic mass is 19.4. The summed E-state index contributed by atoms with van der Waals surface area (Å²) < 4.78 is 39.7. The monoisotopic (exact) mass is 296 g/mol. The number of rotatable bonds is 2. The third kappa shape index (κ3) is 2.24. The molecule has 0 aromatic carbocycles. The average Bonchev–Trinajstić information content (AvgIpc) is 2.93. The second-order valence-electron chi connectivity index (χ2n) is 5.21. The number of nitrogens with one attached hydrogen (secondary N) is 1. The number of nitrogens with zero attached hydrogens (tertiary/aromatic N) is 1. The average molecular weight is 296 g/mol. The van der Waals surface area contributed by atoms with Crippen molar-refractivity contribution in [3.8, 4) is 0 Å². The van der Waals surface area contributed by atoms with Crippen LogP contribution in [0.25, 0.3) is 0 Å². The van der Waals surface area contributed by atoms with Crippen LogP contribution in [0.2, 0.25) is 0 Å². The zero-order valence-corrected chi connectivity index (χ0v) is 10.5. The van der Waals surface area contributed by atoms with Gasteiger partial charge in [0.05, 0.1) is 6.10 Å². The molecule has 2 saturated heterocycles. The van der Waals surface area contributed by atoms with Gasteiger partial charge in [-0.15, -0.1) is 0 Å². The molecule has 0 spiro atoms. The van der Waals surface area contributed by atoms with Gasteiger partial charge < -0.3 is 20.4 Å². The van der Waals surface area contributed by atoms with Crippen LogP contribution in [0.3, 0.4) is 0 Å². The normalized spacial score (nSPS) is 34.5. The second kappa shape index (κ2) is 4.88. The molecule has 9 heteroatoms. The molecular weight excluding hydrogens is 281 g/mol. The third-order valence-electron chi connectivity index (χ3n) is 3.93. The lowest BCUT2D eigenvalue weighted by Gasteiger charge is -2.34. The van der Waals surface area contributed by atoms with Crippen molar-refractivity contribution in [1.29, 1.82) is 0 Å². The molecule has 20 heavy (non-hydrogen) atoms. The SMILES string of the molecule is O=C(O)[C@@H]1C[C@H](O)CN1C(=O)C1(C(F)(F)F)CCNC1. The van der Waals surface area contributed by atoms with E-state index in [1.54, 1.807) is 0 Å². The van der Waals surface area contributed by atoms with Crippen molar-refractivity contribution < 1.29 is 33.0 Å². The summed E-state index contributed by atoms with van der Waals surface area (Å²) in [6, 6.07) is -1.41. The Bertz CT molecular complexity index is 420. The van der Waals surface area contributed by atoms with E-state index in [0.29, 0.717) is 4.90 Å². The van der Waals surface area contributed by atoms with E-state index >= 15 is 0 Å². The molecule has 1 amide bonds. The maximum Gasteiger partial charge on any atom is 0.404 e. The Hall–Kier alpha value is -1.35. The molecular formula is C11H15F3N2O4. The van der Waals surface area contributed by atoms with Crippen LogP contribution in [0.1, 0.15) is 12.8 Å². The number of amides is 1. The van der Waals surface area contributed by atoms with E-state index in [-0.39, 0.29) is 19.5 Å². The predicted octanol–water partition coefficient (Wildman–Crippen LogP) is -0.425. The van der Waals surface area contributed by atoms with Crippen LogP contribution in [0.15, 0.2) is 0 Å². The van der Waals surface area contributed by atoms with Gasteiger partial charge in [0.25, 0.3) is 0 Å². The first-order valence-electron chi connectivity index (χ1n) is 6.18. The van der Waals surface area contributed by atoms with Crippen molar-refractivity contribution in [2.75, 3.05) is 19.6 Å². The van der Waals surface area contributed by atoms with Gasteiger partial charge in [-0.25, -0.2) is 4.79 Å².